The van der Waals surface area contributed by atoms with Crippen LogP contribution in [-0.4, -0.2) is 42.3 Å². The molecule has 0 spiro atoms. The first kappa shape index (κ1) is 13.0. The van der Waals surface area contributed by atoms with E-state index in [1.807, 2.05) is 0 Å². The lowest BCUT2D eigenvalue weighted by Gasteiger charge is -2.22. The molecule has 2 rings (SSSR count). The number of carbonyl (C=O) groups is 1. The summed E-state index contributed by atoms with van der Waals surface area (Å²) in [6.07, 6.45) is 6.92. The summed E-state index contributed by atoms with van der Waals surface area (Å²) in [5.41, 5.74) is 0. The zero-order valence-corrected chi connectivity index (χ0v) is 11.4. The highest BCUT2D eigenvalue weighted by molar-refractivity contribution is 7.98. The van der Waals surface area contributed by atoms with Gasteiger partial charge in [-0.1, -0.05) is 6.92 Å². The van der Waals surface area contributed by atoms with Gasteiger partial charge in [-0.05, 0) is 31.9 Å². The first-order valence-electron chi connectivity index (χ1n) is 6.44. The lowest BCUT2D eigenvalue weighted by atomic mass is 9.96. The zero-order chi connectivity index (χ0) is 12.3. The Hall–Kier alpha value is -0.420. The Balaban J connectivity index is 1.73. The lowest BCUT2D eigenvalue weighted by Crippen LogP contribution is -2.49. The van der Waals surface area contributed by atoms with Crippen molar-refractivity contribution < 1.29 is 9.53 Å². The molecule has 17 heavy (non-hydrogen) atoms. The highest BCUT2D eigenvalue weighted by atomic mass is 32.2. The molecule has 2 N–H and O–H groups in total. The molecular weight excluding hydrogens is 236 g/mol. The Bertz CT molecular complexity index is 275. The smallest absolute Gasteiger partial charge is 0.315 e. The molecule has 0 saturated carbocycles. The van der Waals surface area contributed by atoms with Crippen molar-refractivity contribution in [2.75, 3.05) is 12.0 Å². The third-order valence-corrected chi connectivity index (χ3v) is 4.35. The molecule has 5 heteroatoms. The van der Waals surface area contributed by atoms with E-state index in [0.717, 1.165) is 31.4 Å². The van der Waals surface area contributed by atoms with Crippen LogP contribution in [-0.2, 0) is 4.74 Å². The van der Waals surface area contributed by atoms with E-state index in [0.29, 0.717) is 6.10 Å². The van der Waals surface area contributed by atoms with Crippen molar-refractivity contribution >= 4 is 17.8 Å². The minimum Gasteiger partial charge on any atom is -0.373 e. The lowest BCUT2D eigenvalue weighted by molar-refractivity contribution is 0.0980. The molecule has 4 atom stereocenters. The van der Waals surface area contributed by atoms with E-state index in [2.05, 4.69) is 23.8 Å². The number of nitrogens with one attached hydrogen (secondary N) is 2. The molecule has 0 unspecified atom stereocenters. The van der Waals surface area contributed by atoms with Crippen molar-refractivity contribution in [3.05, 3.63) is 0 Å². The average molecular weight is 258 g/mol. The van der Waals surface area contributed by atoms with Crippen LogP contribution in [0.1, 0.15) is 32.6 Å². The molecule has 2 amide bonds. The van der Waals surface area contributed by atoms with Crippen molar-refractivity contribution in [1.29, 1.82) is 0 Å². The fourth-order valence-corrected chi connectivity index (χ4v) is 3.37. The maximum Gasteiger partial charge on any atom is 0.315 e. The molecule has 2 heterocycles. The molecule has 2 fully saturated rings. The third kappa shape index (κ3) is 3.28. The number of rotatable bonds is 5. The molecule has 0 radical (unpaired) electrons. The van der Waals surface area contributed by atoms with Gasteiger partial charge in [0.2, 0.25) is 0 Å². The highest BCUT2D eigenvalue weighted by Crippen LogP contribution is 2.34. The first-order valence-corrected chi connectivity index (χ1v) is 7.83. The zero-order valence-electron chi connectivity index (χ0n) is 10.6. The third-order valence-electron chi connectivity index (χ3n) is 3.62. The van der Waals surface area contributed by atoms with Gasteiger partial charge >= 0.3 is 6.03 Å². The molecule has 2 aliphatic heterocycles. The number of fused-ring (bicyclic) bond motifs is 2. The summed E-state index contributed by atoms with van der Waals surface area (Å²) >= 11 is 1.76. The van der Waals surface area contributed by atoms with Gasteiger partial charge in [0.15, 0.2) is 0 Å². The highest BCUT2D eigenvalue weighted by Gasteiger charge is 2.41. The number of hydrogen-bond acceptors (Lipinski definition) is 3. The van der Waals surface area contributed by atoms with E-state index in [4.69, 9.17) is 4.74 Å². The van der Waals surface area contributed by atoms with Crippen molar-refractivity contribution in [3.63, 3.8) is 0 Å². The van der Waals surface area contributed by atoms with Crippen molar-refractivity contribution in [2.45, 2.75) is 56.9 Å². The van der Waals surface area contributed by atoms with Gasteiger partial charge in [-0.2, -0.15) is 11.8 Å². The van der Waals surface area contributed by atoms with Crippen LogP contribution in [0.3, 0.4) is 0 Å². The molecule has 2 bridgehead atoms. The standard InChI is InChI=1S/C12H22N2O2S/c1-3-8(7-17-2)13-12(15)14-10-6-9-4-5-11(10)16-9/h8-11H,3-7H2,1-2H3,(H2,13,14,15)/t8-,9+,10-,11+/m0/s1. The Kier molecular flexibility index (Phi) is 4.56. The maximum atomic E-state index is 11.8. The second-order valence-electron chi connectivity index (χ2n) is 4.89. The average Bonchev–Trinajstić information content (AvgIpc) is 2.90. The van der Waals surface area contributed by atoms with E-state index in [9.17, 15) is 4.79 Å². The van der Waals surface area contributed by atoms with E-state index in [-0.39, 0.29) is 24.2 Å². The predicted octanol–water partition coefficient (Wildman–Crippen LogP) is 1.75. The minimum atomic E-state index is -0.0351. The maximum absolute atomic E-state index is 11.8. The molecule has 98 valence electrons. The fourth-order valence-electron chi connectivity index (χ4n) is 2.65. The van der Waals surface area contributed by atoms with Crippen molar-refractivity contribution in [3.8, 4) is 0 Å². The van der Waals surface area contributed by atoms with Gasteiger partial charge in [0.05, 0.1) is 18.2 Å². The summed E-state index contributed by atoms with van der Waals surface area (Å²) in [6, 6.07) is 0.456. The molecule has 0 aromatic heterocycles. The SMILES string of the molecule is CC[C@@H](CSC)NC(=O)N[C@H]1C[C@H]2CC[C@H]1O2. The molecule has 4 nitrogen and oxygen atoms in total. The van der Waals surface area contributed by atoms with Crippen molar-refractivity contribution in [1.82, 2.24) is 10.6 Å². The Morgan fingerprint density at radius 1 is 1.53 bits per heavy atom. The van der Waals surface area contributed by atoms with Crippen LogP contribution in [0.2, 0.25) is 0 Å². The van der Waals surface area contributed by atoms with E-state index in [1.54, 1.807) is 11.8 Å². The predicted molar refractivity (Wildman–Crippen MR) is 70.4 cm³/mol. The van der Waals surface area contributed by atoms with Crippen LogP contribution in [0.5, 0.6) is 0 Å². The number of amides is 2. The second-order valence-corrected chi connectivity index (χ2v) is 5.81. The number of carbonyl (C=O) groups excluding carboxylic acids is 1. The largest absolute Gasteiger partial charge is 0.373 e. The van der Waals surface area contributed by atoms with Crippen LogP contribution >= 0.6 is 11.8 Å². The summed E-state index contributed by atoms with van der Waals surface area (Å²) in [5.74, 6) is 0.969. The number of ether oxygens (including phenoxy) is 1. The second kappa shape index (κ2) is 5.96. The van der Waals surface area contributed by atoms with Gasteiger partial charge in [0.1, 0.15) is 0 Å². The van der Waals surface area contributed by atoms with Gasteiger partial charge in [0, 0.05) is 11.8 Å². The molecule has 0 aliphatic carbocycles. The van der Waals surface area contributed by atoms with E-state index in [1.165, 1.54) is 0 Å². The van der Waals surface area contributed by atoms with Crippen LogP contribution in [0, 0.1) is 0 Å². The molecule has 2 aliphatic rings. The van der Waals surface area contributed by atoms with E-state index >= 15 is 0 Å². The minimum absolute atomic E-state index is 0.0351. The summed E-state index contributed by atoms with van der Waals surface area (Å²) in [4.78, 5) is 11.8. The monoisotopic (exact) mass is 258 g/mol. The van der Waals surface area contributed by atoms with Gasteiger partial charge < -0.3 is 15.4 Å². The van der Waals surface area contributed by atoms with Crippen molar-refractivity contribution in [2.24, 2.45) is 0 Å². The van der Waals surface area contributed by atoms with Gasteiger partial charge in [-0.25, -0.2) is 4.79 Å². The fraction of sp³-hybridized carbons (Fsp3) is 0.917. The Labute approximate surface area is 107 Å². The summed E-state index contributed by atoms with van der Waals surface area (Å²) in [5, 5.41) is 6.08. The molecule has 2 saturated heterocycles. The number of thioether (sulfide) groups is 1. The quantitative estimate of drug-likeness (QED) is 0.790. The van der Waals surface area contributed by atoms with Crippen LogP contribution in [0.4, 0.5) is 4.79 Å². The molecule has 0 aromatic carbocycles. The summed E-state index contributed by atoms with van der Waals surface area (Å²) in [7, 11) is 0. The number of urea groups is 1. The summed E-state index contributed by atoms with van der Waals surface area (Å²) in [6.45, 7) is 2.10. The van der Waals surface area contributed by atoms with Crippen LogP contribution in [0.25, 0.3) is 0 Å². The first-order chi connectivity index (χ1) is 8.22. The number of hydrogen-bond donors (Lipinski definition) is 2. The topological polar surface area (TPSA) is 50.4 Å². The van der Waals surface area contributed by atoms with Gasteiger partial charge in [-0.15, -0.1) is 0 Å². The Morgan fingerprint density at radius 3 is 2.88 bits per heavy atom. The molecular formula is C12H22N2O2S. The van der Waals surface area contributed by atoms with Gasteiger partial charge in [0.25, 0.3) is 0 Å². The Morgan fingerprint density at radius 2 is 2.35 bits per heavy atom. The molecule has 0 aromatic rings. The van der Waals surface area contributed by atoms with Crippen LogP contribution in [0.15, 0.2) is 0 Å². The van der Waals surface area contributed by atoms with E-state index < -0.39 is 0 Å². The van der Waals surface area contributed by atoms with Crippen LogP contribution < -0.4 is 10.6 Å². The summed E-state index contributed by atoms with van der Waals surface area (Å²) < 4.78 is 5.72. The van der Waals surface area contributed by atoms with Gasteiger partial charge in [-0.3, -0.25) is 0 Å². The normalized spacial score (nSPS) is 32.5.